The second-order valence-electron chi connectivity index (χ2n) is 3.73. The zero-order valence-corrected chi connectivity index (χ0v) is 10.1. The first-order chi connectivity index (χ1) is 7.63. The van der Waals surface area contributed by atoms with Crippen LogP contribution in [0.25, 0.3) is 10.4 Å². The number of aromatic nitrogens is 1. The van der Waals surface area contributed by atoms with Crippen LogP contribution >= 0.6 is 11.3 Å². The predicted molar refractivity (Wildman–Crippen MR) is 64.9 cm³/mol. The highest BCUT2D eigenvalue weighted by Gasteiger charge is 2.11. The van der Waals surface area contributed by atoms with Crippen LogP contribution in [0.5, 0.6) is 0 Å². The number of benzene rings is 1. The molecule has 1 aromatic heterocycles. The maximum atomic E-state index is 13.7. The Hall–Kier alpha value is -1.26. The van der Waals surface area contributed by atoms with Gasteiger partial charge in [-0.15, -0.1) is 11.3 Å². The molecule has 4 heteroatoms. The lowest BCUT2D eigenvalue weighted by atomic mass is 10.0. The summed E-state index contributed by atoms with van der Waals surface area (Å²) in [5.41, 5.74) is 10.7. The fraction of sp³-hybridized carbons (Fsp3) is 0.250. The van der Waals surface area contributed by atoms with E-state index < -0.39 is 0 Å². The Kier molecular flexibility index (Phi) is 3.03. The summed E-state index contributed by atoms with van der Waals surface area (Å²) in [6.45, 7) is 4.13. The summed E-state index contributed by atoms with van der Waals surface area (Å²) >= 11 is 1.53. The van der Waals surface area contributed by atoms with Gasteiger partial charge in [-0.2, -0.15) is 0 Å². The zero-order chi connectivity index (χ0) is 11.7. The highest BCUT2D eigenvalue weighted by Crippen LogP contribution is 2.31. The van der Waals surface area contributed by atoms with Gasteiger partial charge >= 0.3 is 0 Å². The summed E-state index contributed by atoms with van der Waals surface area (Å²) < 4.78 is 13.7. The molecule has 2 rings (SSSR count). The molecular formula is C12H13FN2S. The van der Waals surface area contributed by atoms with Crippen LogP contribution in [-0.2, 0) is 6.54 Å². The van der Waals surface area contributed by atoms with E-state index >= 15 is 0 Å². The SMILES string of the molecule is Cc1cc(CN)c(F)cc1-c1scnc1C. The first-order valence-electron chi connectivity index (χ1n) is 5.03. The van der Waals surface area contributed by atoms with E-state index in [9.17, 15) is 4.39 Å². The maximum Gasteiger partial charge on any atom is 0.128 e. The molecule has 0 aliphatic heterocycles. The van der Waals surface area contributed by atoms with Crippen molar-refractivity contribution < 1.29 is 4.39 Å². The first kappa shape index (κ1) is 11.2. The number of nitrogens with zero attached hydrogens (tertiary/aromatic N) is 1. The number of rotatable bonds is 2. The number of hydrogen-bond donors (Lipinski definition) is 1. The number of hydrogen-bond acceptors (Lipinski definition) is 3. The quantitative estimate of drug-likeness (QED) is 0.870. The molecule has 1 heterocycles. The van der Waals surface area contributed by atoms with Gasteiger partial charge in [-0.05, 0) is 31.0 Å². The van der Waals surface area contributed by atoms with Crippen LogP contribution < -0.4 is 5.73 Å². The van der Waals surface area contributed by atoms with E-state index in [1.807, 2.05) is 19.9 Å². The van der Waals surface area contributed by atoms with Gasteiger partial charge in [0.2, 0.25) is 0 Å². The number of thiazole rings is 1. The van der Waals surface area contributed by atoms with Gasteiger partial charge in [0, 0.05) is 12.1 Å². The molecule has 1 aromatic carbocycles. The van der Waals surface area contributed by atoms with Gasteiger partial charge in [0.05, 0.1) is 16.1 Å². The van der Waals surface area contributed by atoms with Gasteiger partial charge in [0.25, 0.3) is 0 Å². The van der Waals surface area contributed by atoms with Gasteiger partial charge in [0.15, 0.2) is 0 Å². The van der Waals surface area contributed by atoms with Crippen LogP contribution in [0.2, 0.25) is 0 Å². The summed E-state index contributed by atoms with van der Waals surface area (Å²) in [5.74, 6) is -0.240. The Morgan fingerprint density at radius 3 is 2.69 bits per heavy atom. The van der Waals surface area contributed by atoms with Crippen LogP contribution in [0, 0.1) is 19.7 Å². The van der Waals surface area contributed by atoms with Crippen LogP contribution in [0.15, 0.2) is 17.6 Å². The monoisotopic (exact) mass is 236 g/mol. The van der Waals surface area contributed by atoms with E-state index in [1.54, 1.807) is 11.6 Å². The van der Waals surface area contributed by atoms with Crippen molar-refractivity contribution in [2.45, 2.75) is 20.4 Å². The smallest absolute Gasteiger partial charge is 0.128 e. The molecule has 0 bridgehead atoms. The minimum Gasteiger partial charge on any atom is -0.326 e. The first-order valence-corrected chi connectivity index (χ1v) is 5.91. The number of halogens is 1. The van der Waals surface area contributed by atoms with Crippen molar-refractivity contribution in [3.05, 3.63) is 40.3 Å². The van der Waals surface area contributed by atoms with Crippen LogP contribution in [0.4, 0.5) is 4.39 Å². The molecule has 0 radical (unpaired) electrons. The Balaban J connectivity index is 2.59. The van der Waals surface area contributed by atoms with Gasteiger partial charge in [-0.3, -0.25) is 0 Å². The highest BCUT2D eigenvalue weighted by molar-refractivity contribution is 7.13. The molecule has 0 amide bonds. The molecule has 16 heavy (non-hydrogen) atoms. The van der Waals surface area contributed by atoms with Gasteiger partial charge < -0.3 is 5.73 Å². The number of nitrogens with two attached hydrogens (primary N) is 1. The second kappa shape index (κ2) is 4.31. The Labute approximate surface area is 97.9 Å². The van der Waals surface area contributed by atoms with Crippen molar-refractivity contribution in [3.63, 3.8) is 0 Å². The average Bonchev–Trinajstić information content (AvgIpc) is 2.67. The van der Waals surface area contributed by atoms with Crippen molar-refractivity contribution in [2.24, 2.45) is 5.73 Å². The Bertz CT molecular complexity index is 520. The summed E-state index contributed by atoms with van der Waals surface area (Å²) in [5, 5.41) is 0. The molecule has 0 unspecified atom stereocenters. The predicted octanol–water partition coefficient (Wildman–Crippen LogP) is 3.02. The second-order valence-corrected chi connectivity index (χ2v) is 4.58. The van der Waals surface area contributed by atoms with Crippen LogP contribution in [0.1, 0.15) is 16.8 Å². The van der Waals surface area contributed by atoms with Crippen LogP contribution in [0.3, 0.4) is 0 Å². The molecule has 2 aromatic rings. The van der Waals surface area contributed by atoms with E-state index in [0.29, 0.717) is 5.56 Å². The summed E-state index contributed by atoms with van der Waals surface area (Å²) in [4.78, 5) is 5.21. The normalized spacial score (nSPS) is 10.8. The van der Waals surface area contributed by atoms with Crippen molar-refractivity contribution in [2.75, 3.05) is 0 Å². The third-order valence-corrected chi connectivity index (χ3v) is 3.57. The Morgan fingerprint density at radius 1 is 1.38 bits per heavy atom. The van der Waals surface area contributed by atoms with Gasteiger partial charge in [-0.25, -0.2) is 9.37 Å². The lowest BCUT2D eigenvalue weighted by Gasteiger charge is -2.08. The lowest BCUT2D eigenvalue weighted by molar-refractivity contribution is 0.610. The molecule has 0 aliphatic rings. The maximum absolute atomic E-state index is 13.7. The van der Waals surface area contributed by atoms with E-state index in [2.05, 4.69) is 4.98 Å². The molecule has 0 saturated carbocycles. The minimum atomic E-state index is -0.240. The minimum absolute atomic E-state index is 0.231. The fourth-order valence-corrected chi connectivity index (χ4v) is 2.59. The highest BCUT2D eigenvalue weighted by atomic mass is 32.1. The standard InChI is InChI=1S/C12H13FN2S/c1-7-3-9(5-14)11(13)4-10(7)12-8(2)15-6-16-12/h3-4,6H,5,14H2,1-2H3. The lowest BCUT2D eigenvalue weighted by Crippen LogP contribution is -2.01. The summed E-state index contributed by atoms with van der Waals surface area (Å²) in [7, 11) is 0. The third kappa shape index (κ3) is 1.86. The van der Waals surface area contributed by atoms with Crippen molar-refractivity contribution in [1.29, 1.82) is 0 Å². The summed E-state index contributed by atoms with van der Waals surface area (Å²) in [6.07, 6.45) is 0. The molecule has 0 fully saturated rings. The van der Waals surface area contributed by atoms with Crippen molar-refractivity contribution in [3.8, 4) is 10.4 Å². The van der Waals surface area contributed by atoms with E-state index in [1.165, 1.54) is 11.3 Å². The largest absolute Gasteiger partial charge is 0.326 e. The average molecular weight is 236 g/mol. The third-order valence-electron chi connectivity index (χ3n) is 2.60. The molecule has 0 spiro atoms. The fourth-order valence-electron chi connectivity index (χ4n) is 1.70. The zero-order valence-electron chi connectivity index (χ0n) is 9.25. The van der Waals surface area contributed by atoms with Gasteiger partial charge in [0.1, 0.15) is 5.82 Å². The molecule has 0 saturated heterocycles. The van der Waals surface area contributed by atoms with Crippen molar-refractivity contribution in [1.82, 2.24) is 4.98 Å². The Morgan fingerprint density at radius 2 is 2.12 bits per heavy atom. The molecular weight excluding hydrogens is 223 g/mol. The number of aryl methyl sites for hydroxylation is 2. The van der Waals surface area contributed by atoms with Crippen LogP contribution in [-0.4, -0.2) is 4.98 Å². The molecule has 2 nitrogen and oxygen atoms in total. The molecule has 0 atom stereocenters. The van der Waals surface area contributed by atoms with Gasteiger partial charge in [-0.1, -0.05) is 6.07 Å². The topological polar surface area (TPSA) is 38.9 Å². The van der Waals surface area contributed by atoms with Crippen molar-refractivity contribution >= 4 is 11.3 Å². The molecule has 2 N–H and O–H groups in total. The summed E-state index contributed by atoms with van der Waals surface area (Å²) in [6, 6.07) is 3.36. The van der Waals surface area contributed by atoms with E-state index in [0.717, 1.165) is 21.7 Å². The molecule has 84 valence electrons. The van der Waals surface area contributed by atoms with E-state index in [-0.39, 0.29) is 12.4 Å². The molecule has 0 aliphatic carbocycles. The van der Waals surface area contributed by atoms with E-state index in [4.69, 9.17) is 5.73 Å².